The van der Waals surface area contributed by atoms with Crippen molar-refractivity contribution in [2.75, 3.05) is 0 Å². The fourth-order valence-corrected chi connectivity index (χ4v) is 2.99. The molecule has 0 aliphatic heterocycles. The first-order chi connectivity index (χ1) is 8.65. The highest BCUT2D eigenvalue weighted by Gasteiger charge is 2.18. The molecule has 3 N–H and O–H groups in total. The Balaban J connectivity index is 2.19. The summed E-state index contributed by atoms with van der Waals surface area (Å²) in [7, 11) is 0. The molecule has 4 nitrogen and oxygen atoms in total. The second kappa shape index (κ2) is 5.65. The summed E-state index contributed by atoms with van der Waals surface area (Å²) in [5, 5.41) is 1.11. The van der Waals surface area contributed by atoms with Gasteiger partial charge in [-0.25, -0.2) is 4.98 Å². The zero-order valence-corrected chi connectivity index (χ0v) is 11.8. The number of furan rings is 1. The van der Waals surface area contributed by atoms with Crippen molar-refractivity contribution in [1.29, 1.82) is 0 Å². The average Bonchev–Trinajstić information content (AvgIpc) is 2.94. The quantitative estimate of drug-likeness (QED) is 0.644. The van der Waals surface area contributed by atoms with Crippen molar-refractivity contribution in [3.8, 4) is 0 Å². The van der Waals surface area contributed by atoms with E-state index in [2.05, 4.69) is 24.3 Å². The molecule has 0 spiro atoms. The number of thiazole rings is 1. The van der Waals surface area contributed by atoms with Crippen molar-refractivity contribution in [3.63, 3.8) is 0 Å². The van der Waals surface area contributed by atoms with Gasteiger partial charge in [-0.3, -0.25) is 11.3 Å². The standard InChI is InChI=1S/C13H19N3OS/c1-4-12-10(5-6-17-12)11(16-14)7-13-15-8(2)9(3)18-13/h5-6,11,16H,4,7,14H2,1-3H3. The second-order valence-electron chi connectivity index (χ2n) is 4.33. The highest BCUT2D eigenvalue weighted by molar-refractivity contribution is 7.11. The van der Waals surface area contributed by atoms with Gasteiger partial charge in [-0.2, -0.15) is 0 Å². The number of rotatable bonds is 5. The van der Waals surface area contributed by atoms with Crippen molar-refractivity contribution >= 4 is 11.3 Å². The summed E-state index contributed by atoms with van der Waals surface area (Å²) >= 11 is 1.73. The van der Waals surface area contributed by atoms with Crippen LogP contribution in [0.3, 0.4) is 0 Å². The molecule has 5 heteroatoms. The molecule has 2 heterocycles. The van der Waals surface area contributed by atoms with Gasteiger partial charge in [-0.05, 0) is 19.9 Å². The normalized spacial score (nSPS) is 12.9. The van der Waals surface area contributed by atoms with Crippen LogP contribution in [0.2, 0.25) is 0 Å². The van der Waals surface area contributed by atoms with Crippen LogP contribution < -0.4 is 11.3 Å². The van der Waals surface area contributed by atoms with Crippen molar-refractivity contribution in [2.24, 2.45) is 5.84 Å². The van der Waals surface area contributed by atoms with E-state index in [0.717, 1.165) is 34.9 Å². The van der Waals surface area contributed by atoms with Crippen LogP contribution in [0.5, 0.6) is 0 Å². The van der Waals surface area contributed by atoms with Crippen LogP contribution in [0.25, 0.3) is 0 Å². The number of nitrogens with zero attached hydrogens (tertiary/aromatic N) is 1. The summed E-state index contributed by atoms with van der Waals surface area (Å²) < 4.78 is 5.45. The van der Waals surface area contributed by atoms with Crippen LogP contribution in [-0.4, -0.2) is 4.98 Å². The Kier molecular flexibility index (Phi) is 4.16. The third kappa shape index (κ3) is 2.63. The maximum Gasteiger partial charge on any atom is 0.108 e. The minimum absolute atomic E-state index is 0.0589. The van der Waals surface area contributed by atoms with Gasteiger partial charge in [0.1, 0.15) is 5.76 Å². The molecule has 0 radical (unpaired) electrons. The third-order valence-electron chi connectivity index (χ3n) is 3.13. The number of hydrogen-bond donors (Lipinski definition) is 2. The number of aromatic nitrogens is 1. The third-order valence-corrected chi connectivity index (χ3v) is 4.22. The highest BCUT2D eigenvalue weighted by Crippen LogP contribution is 2.26. The predicted octanol–water partition coefficient (Wildman–Crippen LogP) is 2.66. The van der Waals surface area contributed by atoms with E-state index in [1.807, 2.05) is 13.0 Å². The Morgan fingerprint density at radius 1 is 1.50 bits per heavy atom. The largest absolute Gasteiger partial charge is 0.469 e. The van der Waals surface area contributed by atoms with Gasteiger partial charge in [0, 0.05) is 23.3 Å². The zero-order chi connectivity index (χ0) is 13.1. The van der Waals surface area contributed by atoms with E-state index in [0.29, 0.717) is 0 Å². The van der Waals surface area contributed by atoms with Crippen LogP contribution in [-0.2, 0) is 12.8 Å². The van der Waals surface area contributed by atoms with Crippen LogP contribution >= 0.6 is 11.3 Å². The lowest BCUT2D eigenvalue weighted by atomic mass is 10.0. The zero-order valence-electron chi connectivity index (χ0n) is 11.0. The average molecular weight is 265 g/mol. The molecule has 1 atom stereocenters. The molecule has 0 aliphatic rings. The number of nitrogens with two attached hydrogens (primary N) is 1. The van der Waals surface area contributed by atoms with E-state index in [9.17, 15) is 0 Å². The SMILES string of the molecule is CCc1occc1C(Cc1nc(C)c(C)s1)NN. The summed E-state index contributed by atoms with van der Waals surface area (Å²) in [6.07, 6.45) is 3.38. The maximum absolute atomic E-state index is 5.67. The van der Waals surface area contributed by atoms with E-state index in [1.165, 1.54) is 4.88 Å². The molecule has 2 aromatic rings. The lowest BCUT2D eigenvalue weighted by Gasteiger charge is -2.14. The molecule has 0 bridgehead atoms. The Labute approximate surface area is 111 Å². The molecule has 0 saturated heterocycles. The lowest BCUT2D eigenvalue weighted by molar-refractivity contribution is 0.487. The maximum atomic E-state index is 5.67. The fourth-order valence-electron chi connectivity index (χ4n) is 2.01. The summed E-state index contributed by atoms with van der Waals surface area (Å²) in [5.74, 6) is 6.65. The Bertz CT molecular complexity index is 499. The number of aryl methyl sites for hydroxylation is 3. The number of hydrazine groups is 1. The molecule has 2 aromatic heterocycles. The minimum Gasteiger partial charge on any atom is -0.469 e. The van der Waals surface area contributed by atoms with Crippen LogP contribution in [0.4, 0.5) is 0 Å². The van der Waals surface area contributed by atoms with Gasteiger partial charge in [0.05, 0.1) is 23.0 Å². The van der Waals surface area contributed by atoms with Crippen molar-refractivity contribution in [2.45, 2.75) is 39.7 Å². The number of nitrogens with one attached hydrogen (secondary N) is 1. The topological polar surface area (TPSA) is 64.1 Å². The van der Waals surface area contributed by atoms with Gasteiger partial charge in [-0.15, -0.1) is 11.3 Å². The summed E-state index contributed by atoms with van der Waals surface area (Å²) in [4.78, 5) is 5.82. The lowest BCUT2D eigenvalue weighted by Crippen LogP contribution is -2.29. The van der Waals surface area contributed by atoms with Gasteiger partial charge in [0.15, 0.2) is 0 Å². The van der Waals surface area contributed by atoms with Crippen molar-refractivity contribution < 1.29 is 4.42 Å². The van der Waals surface area contributed by atoms with Gasteiger partial charge in [0.25, 0.3) is 0 Å². The van der Waals surface area contributed by atoms with Gasteiger partial charge in [0.2, 0.25) is 0 Å². The van der Waals surface area contributed by atoms with E-state index in [1.54, 1.807) is 17.6 Å². The van der Waals surface area contributed by atoms with E-state index in [-0.39, 0.29) is 6.04 Å². The molecule has 0 aromatic carbocycles. The van der Waals surface area contributed by atoms with Crippen molar-refractivity contribution in [1.82, 2.24) is 10.4 Å². The Morgan fingerprint density at radius 3 is 2.83 bits per heavy atom. The van der Waals surface area contributed by atoms with E-state index >= 15 is 0 Å². The molecule has 0 fully saturated rings. The highest BCUT2D eigenvalue weighted by atomic mass is 32.1. The molecule has 1 unspecified atom stereocenters. The van der Waals surface area contributed by atoms with E-state index < -0.39 is 0 Å². The first kappa shape index (κ1) is 13.3. The number of hydrogen-bond acceptors (Lipinski definition) is 5. The van der Waals surface area contributed by atoms with Crippen molar-refractivity contribution in [3.05, 3.63) is 39.2 Å². The van der Waals surface area contributed by atoms with Gasteiger partial charge < -0.3 is 4.42 Å². The Morgan fingerprint density at radius 2 is 2.28 bits per heavy atom. The molecule has 0 aliphatic carbocycles. The van der Waals surface area contributed by atoms with Crippen LogP contribution in [0.1, 0.15) is 39.9 Å². The molecular formula is C13H19N3OS. The molecule has 2 rings (SSSR count). The first-order valence-electron chi connectivity index (χ1n) is 6.11. The predicted molar refractivity (Wildman–Crippen MR) is 73.4 cm³/mol. The fraction of sp³-hybridized carbons (Fsp3) is 0.462. The smallest absolute Gasteiger partial charge is 0.108 e. The van der Waals surface area contributed by atoms with Gasteiger partial charge >= 0.3 is 0 Å². The molecular weight excluding hydrogens is 246 g/mol. The molecule has 0 saturated carbocycles. The van der Waals surface area contributed by atoms with Gasteiger partial charge in [-0.1, -0.05) is 6.92 Å². The summed E-state index contributed by atoms with van der Waals surface area (Å²) in [6.45, 7) is 6.21. The summed E-state index contributed by atoms with van der Waals surface area (Å²) in [6, 6.07) is 2.04. The molecule has 18 heavy (non-hydrogen) atoms. The summed E-state index contributed by atoms with van der Waals surface area (Å²) in [5.41, 5.74) is 5.10. The second-order valence-corrected chi connectivity index (χ2v) is 5.61. The molecule has 0 amide bonds. The Hall–Kier alpha value is -1.17. The van der Waals surface area contributed by atoms with E-state index in [4.69, 9.17) is 10.3 Å². The molecule has 98 valence electrons. The minimum atomic E-state index is 0.0589. The first-order valence-corrected chi connectivity index (χ1v) is 6.92. The monoisotopic (exact) mass is 265 g/mol. The van der Waals surface area contributed by atoms with Crippen LogP contribution in [0.15, 0.2) is 16.7 Å². The van der Waals surface area contributed by atoms with Crippen LogP contribution in [0, 0.1) is 13.8 Å².